The molecule has 1 saturated heterocycles. The van der Waals surface area contributed by atoms with Crippen LogP contribution in [0.2, 0.25) is 5.02 Å². The van der Waals surface area contributed by atoms with Crippen molar-refractivity contribution >= 4 is 23.3 Å². The second-order valence-corrected chi connectivity index (χ2v) is 7.19. The number of primary amides is 1. The van der Waals surface area contributed by atoms with Gasteiger partial charge in [0.25, 0.3) is 0 Å². The smallest absolute Gasteiger partial charge is 0.248 e. The minimum Gasteiger partial charge on any atom is -0.396 e. The lowest BCUT2D eigenvalue weighted by atomic mass is 9.75. The molecule has 3 rings (SSSR count). The van der Waals surface area contributed by atoms with Gasteiger partial charge >= 0.3 is 0 Å². The van der Waals surface area contributed by atoms with Crippen LogP contribution >= 0.6 is 11.6 Å². The summed E-state index contributed by atoms with van der Waals surface area (Å²) in [7, 11) is 0. The molecular formula is C19H22ClN3O2. The summed E-state index contributed by atoms with van der Waals surface area (Å²) in [6.45, 7) is 1.60. The van der Waals surface area contributed by atoms with Crippen molar-refractivity contribution in [3.63, 3.8) is 0 Å². The highest BCUT2D eigenvalue weighted by Crippen LogP contribution is 2.35. The number of aromatic nitrogens is 1. The van der Waals surface area contributed by atoms with Gasteiger partial charge in [0.15, 0.2) is 0 Å². The van der Waals surface area contributed by atoms with E-state index in [2.05, 4.69) is 9.88 Å². The maximum Gasteiger partial charge on any atom is 0.248 e. The predicted octanol–water partition coefficient (Wildman–Crippen LogP) is 2.66. The summed E-state index contributed by atoms with van der Waals surface area (Å²) in [5.41, 5.74) is 6.67. The first-order valence-corrected chi connectivity index (χ1v) is 8.75. The van der Waals surface area contributed by atoms with Gasteiger partial charge in [0.2, 0.25) is 5.91 Å². The number of rotatable bonds is 5. The standard InChI is InChI=1S/C19H22ClN3O2/c20-16-4-1-3-14(9-16)11-19(13-24)6-2-8-23(12-19)17-10-15(18(21)25)5-7-22-17/h1,3-5,7,9-10,24H,2,6,8,11-13H2,(H2,21,25). The van der Waals surface area contributed by atoms with Gasteiger partial charge in [-0.3, -0.25) is 4.79 Å². The molecule has 1 aromatic heterocycles. The minimum atomic E-state index is -0.465. The van der Waals surface area contributed by atoms with Crippen molar-refractivity contribution in [2.45, 2.75) is 19.3 Å². The molecule has 1 unspecified atom stereocenters. The van der Waals surface area contributed by atoms with Crippen LogP contribution in [0.3, 0.4) is 0 Å². The molecule has 1 amide bonds. The number of carbonyl (C=O) groups is 1. The number of halogens is 1. The Morgan fingerprint density at radius 2 is 2.20 bits per heavy atom. The normalized spacial score (nSPS) is 20.5. The molecule has 1 aromatic carbocycles. The van der Waals surface area contributed by atoms with Gasteiger partial charge in [-0.05, 0) is 49.1 Å². The van der Waals surface area contributed by atoms with Crippen molar-refractivity contribution < 1.29 is 9.90 Å². The zero-order valence-electron chi connectivity index (χ0n) is 14.0. The lowest BCUT2D eigenvalue weighted by molar-refractivity contribution is 0.0999. The monoisotopic (exact) mass is 359 g/mol. The number of piperidine rings is 1. The Bertz CT molecular complexity index is 768. The summed E-state index contributed by atoms with van der Waals surface area (Å²) in [6, 6.07) is 11.1. The summed E-state index contributed by atoms with van der Waals surface area (Å²) in [5.74, 6) is 0.257. The molecular weight excluding hydrogens is 338 g/mol. The van der Waals surface area contributed by atoms with Crippen LogP contribution in [0.4, 0.5) is 5.82 Å². The number of hydrogen-bond donors (Lipinski definition) is 2. The fourth-order valence-corrected chi connectivity index (χ4v) is 3.77. The maximum absolute atomic E-state index is 11.4. The zero-order valence-corrected chi connectivity index (χ0v) is 14.7. The average molecular weight is 360 g/mol. The van der Waals surface area contributed by atoms with E-state index in [4.69, 9.17) is 17.3 Å². The fourth-order valence-electron chi connectivity index (χ4n) is 3.56. The van der Waals surface area contributed by atoms with Crippen LogP contribution in [0.15, 0.2) is 42.6 Å². The molecule has 1 atom stereocenters. The quantitative estimate of drug-likeness (QED) is 0.860. The van der Waals surface area contributed by atoms with Crippen molar-refractivity contribution in [1.82, 2.24) is 4.98 Å². The highest BCUT2D eigenvalue weighted by Gasteiger charge is 2.35. The molecule has 2 heterocycles. The summed E-state index contributed by atoms with van der Waals surface area (Å²) in [5, 5.41) is 10.8. The van der Waals surface area contributed by atoms with Gasteiger partial charge in [0, 0.05) is 35.3 Å². The van der Waals surface area contributed by atoms with Crippen LogP contribution in [0.25, 0.3) is 0 Å². The van der Waals surface area contributed by atoms with Gasteiger partial charge in [-0.2, -0.15) is 0 Å². The topological polar surface area (TPSA) is 79.5 Å². The van der Waals surface area contributed by atoms with E-state index in [0.717, 1.165) is 37.2 Å². The second-order valence-electron chi connectivity index (χ2n) is 6.76. The third-order valence-corrected chi connectivity index (χ3v) is 5.05. The molecule has 25 heavy (non-hydrogen) atoms. The Kier molecular flexibility index (Phi) is 5.25. The largest absolute Gasteiger partial charge is 0.396 e. The van der Waals surface area contributed by atoms with Gasteiger partial charge in [-0.15, -0.1) is 0 Å². The van der Waals surface area contributed by atoms with Gasteiger partial charge in [-0.25, -0.2) is 4.98 Å². The molecule has 0 saturated carbocycles. The van der Waals surface area contributed by atoms with E-state index in [1.165, 1.54) is 0 Å². The third kappa shape index (κ3) is 4.11. The number of aliphatic hydroxyl groups is 1. The molecule has 0 aliphatic carbocycles. The number of anilines is 1. The predicted molar refractivity (Wildman–Crippen MR) is 98.9 cm³/mol. The molecule has 5 nitrogen and oxygen atoms in total. The van der Waals surface area contributed by atoms with E-state index in [0.29, 0.717) is 17.1 Å². The summed E-state index contributed by atoms with van der Waals surface area (Å²) in [6.07, 6.45) is 4.23. The van der Waals surface area contributed by atoms with Crippen LogP contribution < -0.4 is 10.6 Å². The lowest BCUT2D eigenvalue weighted by Gasteiger charge is -2.42. The molecule has 1 fully saturated rings. The molecule has 6 heteroatoms. The average Bonchev–Trinajstić information content (AvgIpc) is 2.62. The van der Waals surface area contributed by atoms with E-state index in [9.17, 15) is 9.90 Å². The van der Waals surface area contributed by atoms with Crippen molar-refractivity contribution in [2.75, 3.05) is 24.6 Å². The molecule has 1 aliphatic heterocycles. The van der Waals surface area contributed by atoms with Gasteiger partial charge in [0.05, 0.1) is 6.61 Å². The van der Waals surface area contributed by atoms with Crippen LogP contribution in [0.1, 0.15) is 28.8 Å². The van der Waals surface area contributed by atoms with Gasteiger partial charge < -0.3 is 15.7 Å². The Morgan fingerprint density at radius 1 is 1.36 bits per heavy atom. The number of amides is 1. The van der Waals surface area contributed by atoms with Crippen LogP contribution in [0, 0.1) is 5.41 Å². The number of nitrogens with two attached hydrogens (primary N) is 1. The number of aliphatic hydroxyl groups excluding tert-OH is 1. The van der Waals surface area contributed by atoms with Gasteiger partial charge in [0.1, 0.15) is 5.82 Å². The van der Waals surface area contributed by atoms with Crippen molar-refractivity contribution in [2.24, 2.45) is 11.1 Å². The van der Waals surface area contributed by atoms with Gasteiger partial charge in [-0.1, -0.05) is 23.7 Å². The number of hydrogen-bond acceptors (Lipinski definition) is 4. The highest BCUT2D eigenvalue weighted by molar-refractivity contribution is 6.30. The Morgan fingerprint density at radius 3 is 2.92 bits per heavy atom. The van der Waals surface area contributed by atoms with Crippen molar-refractivity contribution in [3.8, 4) is 0 Å². The fraction of sp³-hybridized carbons (Fsp3) is 0.368. The van der Waals surface area contributed by atoms with E-state index in [-0.39, 0.29) is 12.0 Å². The number of benzene rings is 1. The van der Waals surface area contributed by atoms with Crippen LogP contribution in [-0.4, -0.2) is 35.7 Å². The second kappa shape index (κ2) is 7.42. The number of carbonyl (C=O) groups excluding carboxylic acids is 1. The minimum absolute atomic E-state index is 0.0888. The molecule has 1 aliphatic rings. The Labute approximate surface area is 152 Å². The van der Waals surface area contributed by atoms with E-state index in [1.807, 2.05) is 24.3 Å². The first kappa shape index (κ1) is 17.7. The highest BCUT2D eigenvalue weighted by atomic mass is 35.5. The number of pyridine rings is 1. The third-order valence-electron chi connectivity index (χ3n) is 4.82. The van der Waals surface area contributed by atoms with E-state index in [1.54, 1.807) is 18.3 Å². The summed E-state index contributed by atoms with van der Waals surface area (Å²) < 4.78 is 0. The molecule has 2 aromatic rings. The first-order valence-electron chi connectivity index (χ1n) is 8.37. The van der Waals surface area contributed by atoms with E-state index >= 15 is 0 Å². The molecule has 132 valence electrons. The zero-order chi connectivity index (χ0) is 17.9. The molecule has 0 radical (unpaired) electrons. The van der Waals surface area contributed by atoms with Crippen LogP contribution in [0.5, 0.6) is 0 Å². The first-order chi connectivity index (χ1) is 12.0. The van der Waals surface area contributed by atoms with Crippen molar-refractivity contribution in [1.29, 1.82) is 0 Å². The lowest BCUT2D eigenvalue weighted by Crippen LogP contribution is -2.47. The molecule has 3 N–H and O–H groups in total. The van der Waals surface area contributed by atoms with Crippen LogP contribution in [-0.2, 0) is 6.42 Å². The molecule has 0 spiro atoms. The summed E-state index contributed by atoms with van der Waals surface area (Å²) >= 11 is 6.10. The SMILES string of the molecule is NC(=O)c1ccnc(N2CCCC(CO)(Cc3cccc(Cl)c3)C2)c1. The number of nitrogens with zero attached hydrogens (tertiary/aromatic N) is 2. The molecule has 0 bridgehead atoms. The van der Waals surface area contributed by atoms with Crippen molar-refractivity contribution in [3.05, 3.63) is 58.7 Å². The Balaban J connectivity index is 1.82. The Hall–Kier alpha value is -2.11. The maximum atomic E-state index is 11.4. The van der Waals surface area contributed by atoms with E-state index < -0.39 is 5.91 Å². The summed E-state index contributed by atoms with van der Waals surface area (Å²) in [4.78, 5) is 17.9.